The second-order valence-corrected chi connectivity index (χ2v) is 6.71. The Labute approximate surface area is 159 Å². The Morgan fingerprint density at radius 2 is 1.85 bits per heavy atom. The summed E-state index contributed by atoms with van der Waals surface area (Å²) in [6.45, 7) is 3.80. The Hall–Kier alpha value is -2.44. The largest absolute Gasteiger partial charge is 0.455 e. The van der Waals surface area contributed by atoms with Crippen molar-refractivity contribution in [3.63, 3.8) is 0 Å². The lowest BCUT2D eigenvalue weighted by molar-refractivity contribution is -0.157. The zero-order valence-electron chi connectivity index (χ0n) is 15.9. The van der Waals surface area contributed by atoms with Crippen molar-refractivity contribution < 1.29 is 23.5 Å². The molecule has 1 aromatic carbocycles. The molecule has 1 fully saturated rings. The van der Waals surface area contributed by atoms with Crippen molar-refractivity contribution in [3.05, 3.63) is 35.6 Å². The van der Waals surface area contributed by atoms with E-state index in [0.29, 0.717) is 31.5 Å². The summed E-state index contributed by atoms with van der Waals surface area (Å²) in [7, 11) is 0. The second-order valence-electron chi connectivity index (χ2n) is 6.71. The molecule has 27 heavy (non-hydrogen) atoms. The van der Waals surface area contributed by atoms with E-state index in [9.17, 15) is 18.8 Å². The van der Waals surface area contributed by atoms with Gasteiger partial charge in [-0.05, 0) is 32.8 Å². The van der Waals surface area contributed by atoms with E-state index in [-0.39, 0.29) is 12.5 Å². The summed E-state index contributed by atoms with van der Waals surface area (Å²) >= 11 is 0. The van der Waals surface area contributed by atoms with Crippen LogP contribution >= 0.6 is 0 Å². The summed E-state index contributed by atoms with van der Waals surface area (Å²) in [6.07, 6.45) is 2.60. The van der Waals surface area contributed by atoms with Crippen molar-refractivity contribution in [2.45, 2.75) is 44.9 Å². The third kappa shape index (κ3) is 4.84. The first-order chi connectivity index (χ1) is 12.9. The van der Waals surface area contributed by atoms with Crippen LogP contribution in [0.5, 0.6) is 0 Å². The fourth-order valence-corrected chi connectivity index (χ4v) is 3.57. The standard InChI is InChI=1S/C20H27FN2O4/c1-3-22-17(24)13-23(4-2)18(25)14-27-19(26)20(11-7-8-12-20)15-9-5-6-10-16(15)21/h5-6,9-10H,3-4,7-8,11-14H2,1-2H3,(H,22,24). The van der Waals surface area contributed by atoms with Crippen LogP contribution in [0.15, 0.2) is 24.3 Å². The fourth-order valence-electron chi connectivity index (χ4n) is 3.57. The number of nitrogens with one attached hydrogen (secondary N) is 1. The van der Waals surface area contributed by atoms with Crippen molar-refractivity contribution >= 4 is 17.8 Å². The lowest BCUT2D eigenvalue weighted by atomic mass is 9.78. The first-order valence-electron chi connectivity index (χ1n) is 9.41. The molecule has 0 radical (unpaired) electrons. The van der Waals surface area contributed by atoms with Crippen molar-refractivity contribution in [2.75, 3.05) is 26.2 Å². The minimum atomic E-state index is -1.04. The maximum absolute atomic E-state index is 14.3. The number of rotatable bonds is 8. The normalized spacial score (nSPS) is 15.2. The number of halogens is 1. The van der Waals surface area contributed by atoms with Crippen molar-refractivity contribution in [1.29, 1.82) is 0 Å². The van der Waals surface area contributed by atoms with E-state index in [1.807, 2.05) is 0 Å². The lowest BCUT2D eigenvalue weighted by Crippen LogP contribution is -2.43. The number of hydrogen-bond acceptors (Lipinski definition) is 4. The first kappa shape index (κ1) is 20.9. The molecule has 0 atom stereocenters. The van der Waals surface area contributed by atoms with E-state index in [2.05, 4.69) is 5.32 Å². The molecular formula is C20H27FN2O4. The number of esters is 1. The van der Waals surface area contributed by atoms with Crippen molar-refractivity contribution in [3.8, 4) is 0 Å². The van der Waals surface area contributed by atoms with Gasteiger partial charge in [-0.3, -0.25) is 14.4 Å². The molecule has 1 aliphatic rings. The molecular weight excluding hydrogens is 351 g/mol. The average molecular weight is 378 g/mol. The fraction of sp³-hybridized carbons (Fsp3) is 0.550. The topological polar surface area (TPSA) is 75.7 Å². The zero-order chi connectivity index (χ0) is 19.9. The summed E-state index contributed by atoms with van der Waals surface area (Å²) < 4.78 is 19.6. The average Bonchev–Trinajstić information content (AvgIpc) is 3.15. The number of ether oxygens (including phenoxy) is 1. The highest BCUT2D eigenvalue weighted by Gasteiger charge is 2.46. The van der Waals surface area contributed by atoms with Gasteiger partial charge < -0.3 is 15.0 Å². The second kappa shape index (κ2) is 9.48. The highest BCUT2D eigenvalue weighted by atomic mass is 19.1. The number of likely N-dealkylation sites (N-methyl/N-ethyl adjacent to an activating group) is 2. The number of carbonyl (C=O) groups excluding carboxylic acids is 3. The molecule has 0 aliphatic heterocycles. The third-order valence-corrected chi connectivity index (χ3v) is 5.01. The monoisotopic (exact) mass is 378 g/mol. The van der Waals surface area contributed by atoms with Gasteiger partial charge in [0, 0.05) is 18.7 Å². The van der Waals surface area contributed by atoms with E-state index in [4.69, 9.17) is 4.74 Å². The molecule has 2 rings (SSSR count). The van der Waals surface area contributed by atoms with Crippen LogP contribution in [0.4, 0.5) is 4.39 Å². The van der Waals surface area contributed by atoms with Gasteiger partial charge in [-0.25, -0.2) is 4.39 Å². The Balaban J connectivity index is 2.05. The van der Waals surface area contributed by atoms with Crippen LogP contribution in [-0.4, -0.2) is 48.9 Å². The van der Waals surface area contributed by atoms with Crippen LogP contribution in [0.3, 0.4) is 0 Å². The van der Waals surface area contributed by atoms with E-state index < -0.39 is 29.7 Å². The number of nitrogens with zero attached hydrogens (tertiary/aromatic N) is 1. The van der Waals surface area contributed by atoms with Gasteiger partial charge in [0.2, 0.25) is 5.91 Å². The van der Waals surface area contributed by atoms with E-state index >= 15 is 0 Å². The van der Waals surface area contributed by atoms with Crippen LogP contribution in [-0.2, 0) is 24.5 Å². The molecule has 0 unspecified atom stereocenters. The van der Waals surface area contributed by atoms with Gasteiger partial charge in [0.25, 0.3) is 5.91 Å². The van der Waals surface area contributed by atoms with Crippen LogP contribution in [0, 0.1) is 5.82 Å². The summed E-state index contributed by atoms with van der Waals surface area (Å²) in [5.74, 6) is -1.72. The van der Waals surface area contributed by atoms with Gasteiger partial charge in [0.1, 0.15) is 5.82 Å². The first-order valence-corrected chi connectivity index (χ1v) is 9.41. The maximum Gasteiger partial charge on any atom is 0.317 e. The molecule has 0 aromatic heterocycles. The Morgan fingerprint density at radius 3 is 2.44 bits per heavy atom. The van der Waals surface area contributed by atoms with Gasteiger partial charge in [-0.15, -0.1) is 0 Å². The maximum atomic E-state index is 14.3. The molecule has 0 heterocycles. The molecule has 6 nitrogen and oxygen atoms in total. The molecule has 1 saturated carbocycles. The Kier molecular flexibility index (Phi) is 7.33. The molecule has 1 N–H and O–H groups in total. The highest BCUT2D eigenvalue weighted by Crippen LogP contribution is 2.43. The number of amides is 2. The number of benzene rings is 1. The molecule has 1 aliphatic carbocycles. The van der Waals surface area contributed by atoms with Crippen LogP contribution in [0.2, 0.25) is 0 Å². The summed E-state index contributed by atoms with van der Waals surface area (Å²) in [6, 6.07) is 6.22. The van der Waals surface area contributed by atoms with Crippen LogP contribution < -0.4 is 5.32 Å². The molecule has 0 saturated heterocycles. The molecule has 2 amide bonds. The minimum absolute atomic E-state index is 0.0841. The van der Waals surface area contributed by atoms with Gasteiger partial charge in [-0.2, -0.15) is 0 Å². The Morgan fingerprint density at radius 1 is 1.19 bits per heavy atom. The highest BCUT2D eigenvalue weighted by molar-refractivity contribution is 5.88. The molecule has 148 valence electrons. The number of hydrogen-bond donors (Lipinski definition) is 1. The van der Waals surface area contributed by atoms with Crippen LogP contribution in [0.25, 0.3) is 0 Å². The quantitative estimate of drug-likeness (QED) is 0.704. The zero-order valence-corrected chi connectivity index (χ0v) is 15.9. The van der Waals surface area contributed by atoms with E-state index in [1.54, 1.807) is 32.0 Å². The van der Waals surface area contributed by atoms with Crippen molar-refractivity contribution in [2.24, 2.45) is 0 Å². The molecule has 1 aromatic rings. The Bertz CT molecular complexity index is 686. The minimum Gasteiger partial charge on any atom is -0.455 e. The predicted octanol–water partition coefficient (Wildman–Crippen LogP) is 2.17. The third-order valence-electron chi connectivity index (χ3n) is 5.01. The molecule has 0 bridgehead atoms. The summed E-state index contributed by atoms with van der Waals surface area (Å²) in [5, 5.41) is 2.63. The van der Waals surface area contributed by atoms with Gasteiger partial charge in [0.05, 0.1) is 12.0 Å². The van der Waals surface area contributed by atoms with Gasteiger partial charge >= 0.3 is 5.97 Å². The smallest absolute Gasteiger partial charge is 0.317 e. The number of carbonyl (C=O) groups is 3. The SMILES string of the molecule is CCNC(=O)CN(CC)C(=O)COC(=O)C1(c2ccccc2F)CCCC1. The van der Waals surface area contributed by atoms with Gasteiger partial charge in [-0.1, -0.05) is 31.0 Å². The van der Waals surface area contributed by atoms with Crippen LogP contribution in [0.1, 0.15) is 45.1 Å². The van der Waals surface area contributed by atoms with E-state index in [1.165, 1.54) is 11.0 Å². The lowest BCUT2D eigenvalue weighted by Gasteiger charge is -2.28. The van der Waals surface area contributed by atoms with E-state index in [0.717, 1.165) is 12.8 Å². The summed E-state index contributed by atoms with van der Waals surface area (Å²) in [4.78, 5) is 38.2. The van der Waals surface area contributed by atoms with Gasteiger partial charge in [0.15, 0.2) is 6.61 Å². The predicted molar refractivity (Wildman–Crippen MR) is 98.4 cm³/mol. The summed E-state index contributed by atoms with van der Waals surface area (Å²) in [5.41, 5.74) is -0.711. The van der Waals surface area contributed by atoms with Crippen molar-refractivity contribution in [1.82, 2.24) is 10.2 Å². The molecule has 0 spiro atoms. The molecule has 7 heteroatoms.